The van der Waals surface area contributed by atoms with Crippen molar-refractivity contribution in [3.05, 3.63) is 89.5 Å². The van der Waals surface area contributed by atoms with Crippen LogP contribution in [-0.4, -0.2) is 5.97 Å². The Hall–Kier alpha value is -2.52. The Morgan fingerprint density at radius 3 is 1.58 bits per heavy atom. The third kappa shape index (κ3) is 4.22. The lowest BCUT2D eigenvalue weighted by Crippen LogP contribution is -2.50. The first kappa shape index (κ1) is 25.7. The van der Waals surface area contributed by atoms with E-state index in [4.69, 9.17) is 4.18 Å². The zero-order valence-electron chi connectivity index (χ0n) is 23.2. The molecule has 0 spiro atoms. The molecule has 7 rings (SSSR count). The summed E-state index contributed by atoms with van der Waals surface area (Å²) in [5.41, 5.74) is 3.70. The van der Waals surface area contributed by atoms with E-state index >= 15 is 0 Å². The highest BCUT2D eigenvalue weighted by Crippen LogP contribution is 2.72. The van der Waals surface area contributed by atoms with E-state index in [2.05, 4.69) is 93.6 Å². The first-order valence-corrected chi connectivity index (χ1v) is 16.4. The second kappa shape index (κ2) is 10.2. The predicted molar refractivity (Wildman–Crippen MR) is 157 cm³/mol. The molecule has 0 aromatic heterocycles. The van der Waals surface area contributed by atoms with Crippen LogP contribution in [0.2, 0.25) is 0 Å². The van der Waals surface area contributed by atoms with Crippen molar-refractivity contribution in [2.45, 2.75) is 93.2 Å². The molecule has 4 fully saturated rings. The van der Waals surface area contributed by atoms with Crippen molar-refractivity contribution in [2.75, 3.05) is 0 Å². The van der Waals surface area contributed by atoms with Crippen LogP contribution >= 0.6 is 10.3 Å². The van der Waals surface area contributed by atoms with Crippen LogP contribution in [0.3, 0.4) is 0 Å². The first-order valence-electron chi connectivity index (χ1n) is 14.8. The predicted octanol–water partition coefficient (Wildman–Crippen LogP) is 9.33. The number of aryl methyl sites for hydroxylation is 3. The van der Waals surface area contributed by atoms with Gasteiger partial charge in [0.1, 0.15) is 0 Å². The third-order valence-corrected chi connectivity index (χ3v) is 13.0. The van der Waals surface area contributed by atoms with Crippen LogP contribution in [-0.2, 0) is 28.2 Å². The van der Waals surface area contributed by atoms with Crippen molar-refractivity contribution in [2.24, 2.45) is 23.2 Å². The average molecular weight is 527 g/mol. The molecule has 0 unspecified atom stereocenters. The summed E-state index contributed by atoms with van der Waals surface area (Å²) in [6.07, 6.45) is 9.86. The molecule has 4 aliphatic rings. The molecule has 0 heterocycles. The molecule has 0 aliphatic heterocycles. The van der Waals surface area contributed by atoms with Gasteiger partial charge >= 0.3 is 5.97 Å². The summed E-state index contributed by atoms with van der Waals surface area (Å²) in [7, 11) is -2.29. The smallest absolute Gasteiger partial charge is 0.323 e. The summed E-state index contributed by atoms with van der Waals surface area (Å²) in [6, 6.07) is 26.1. The molecule has 3 aromatic rings. The molecule has 38 heavy (non-hydrogen) atoms. The molecule has 0 N–H and O–H groups in total. The average Bonchev–Trinajstić information content (AvgIpc) is 2.95. The fourth-order valence-corrected chi connectivity index (χ4v) is 11.9. The van der Waals surface area contributed by atoms with E-state index in [-0.39, 0.29) is 11.4 Å². The second-order valence-corrected chi connectivity index (χ2v) is 14.7. The van der Waals surface area contributed by atoms with Crippen molar-refractivity contribution < 1.29 is 8.98 Å². The van der Waals surface area contributed by atoms with Gasteiger partial charge in [-0.3, -0.25) is 4.79 Å². The normalized spacial score (nSPS) is 26.3. The van der Waals surface area contributed by atoms with Crippen LogP contribution in [0.4, 0.5) is 0 Å². The molecule has 2 nitrogen and oxygen atoms in total. The number of carbonyl (C=O) groups excluding carboxylic acids is 1. The monoisotopic (exact) mass is 526 g/mol. The fraction of sp³-hybridized carbons (Fsp3) is 0.457. The van der Waals surface area contributed by atoms with E-state index in [1.165, 1.54) is 40.8 Å². The maximum Gasteiger partial charge on any atom is 0.323 e. The maximum atomic E-state index is 14.8. The van der Waals surface area contributed by atoms with Crippen LogP contribution in [0.5, 0.6) is 0 Å². The van der Waals surface area contributed by atoms with E-state index in [0.717, 1.165) is 48.3 Å². The van der Waals surface area contributed by atoms with Crippen LogP contribution < -0.4 is 0 Å². The molecule has 0 atom stereocenters. The van der Waals surface area contributed by atoms with Gasteiger partial charge in [-0.05, 0) is 127 Å². The summed E-state index contributed by atoms with van der Waals surface area (Å²) in [5.74, 6) is 2.18. The molecule has 4 saturated carbocycles. The van der Waals surface area contributed by atoms with Gasteiger partial charge in [0.05, 0.1) is 5.41 Å². The molecular weight excluding hydrogens is 484 g/mol. The Balaban J connectivity index is 1.59. The van der Waals surface area contributed by atoms with Gasteiger partial charge in [0, 0.05) is 14.7 Å². The van der Waals surface area contributed by atoms with Crippen molar-refractivity contribution in [1.29, 1.82) is 0 Å². The van der Waals surface area contributed by atoms with E-state index in [1.807, 2.05) is 0 Å². The minimum Gasteiger partial charge on any atom is -0.401 e. The van der Waals surface area contributed by atoms with E-state index in [0.29, 0.717) is 17.8 Å². The summed E-state index contributed by atoms with van der Waals surface area (Å²) < 4.78 is 7.28. The lowest BCUT2D eigenvalue weighted by atomic mass is 9.49. The summed E-state index contributed by atoms with van der Waals surface area (Å²) in [6.45, 7) is 6.73. The van der Waals surface area contributed by atoms with Gasteiger partial charge < -0.3 is 4.18 Å². The highest BCUT2D eigenvalue weighted by Gasteiger charge is 2.57. The molecule has 0 saturated heterocycles. The Labute approximate surface area is 230 Å². The van der Waals surface area contributed by atoms with Crippen molar-refractivity contribution in [3.8, 4) is 0 Å². The third-order valence-electron chi connectivity index (χ3n) is 9.58. The highest BCUT2D eigenvalue weighted by atomic mass is 32.3. The SMILES string of the molecule is CCc1cc(CC)c(S(OC(=O)C23CC4CC(CC(C4)C2)C3)(c2ccccc2)c2ccccc2)c(CC)c1. The highest BCUT2D eigenvalue weighted by molar-refractivity contribution is 8.30. The Kier molecular flexibility index (Phi) is 6.93. The van der Waals surface area contributed by atoms with Crippen LogP contribution in [0.1, 0.15) is 76.0 Å². The van der Waals surface area contributed by atoms with Gasteiger partial charge in [-0.25, -0.2) is 0 Å². The Bertz CT molecular complexity index is 1200. The van der Waals surface area contributed by atoms with Crippen molar-refractivity contribution in [3.63, 3.8) is 0 Å². The van der Waals surface area contributed by atoms with E-state index < -0.39 is 10.3 Å². The molecule has 0 amide bonds. The second-order valence-electron chi connectivity index (χ2n) is 12.1. The van der Waals surface area contributed by atoms with Gasteiger partial charge in [-0.2, -0.15) is 0 Å². The van der Waals surface area contributed by atoms with Gasteiger partial charge in [0.2, 0.25) is 0 Å². The number of hydrogen-bond donors (Lipinski definition) is 0. The molecule has 4 bridgehead atoms. The quantitative estimate of drug-likeness (QED) is 0.292. The van der Waals surface area contributed by atoms with Gasteiger partial charge in [-0.15, -0.1) is 0 Å². The molecule has 200 valence electrons. The number of benzene rings is 3. The molecule has 4 aliphatic carbocycles. The van der Waals surface area contributed by atoms with Crippen LogP contribution in [0.15, 0.2) is 87.5 Å². The van der Waals surface area contributed by atoms with Gasteiger partial charge in [0.25, 0.3) is 0 Å². The molecule has 3 heteroatoms. The Morgan fingerprint density at radius 2 is 1.18 bits per heavy atom. The summed E-state index contributed by atoms with van der Waals surface area (Å²) in [4.78, 5) is 18.3. The maximum absolute atomic E-state index is 14.8. The zero-order valence-corrected chi connectivity index (χ0v) is 24.1. The lowest BCUT2D eigenvalue weighted by molar-refractivity contribution is -0.160. The number of rotatable bonds is 8. The van der Waals surface area contributed by atoms with Gasteiger partial charge in [-0.1, -0.05) is 69.3 Å². The number of hydrogen-bond acceptors (Lipinski definition) is 2. The van der Waals surface area contributed by atoms with Crippen molar-refractivity contribution in [1.82, 2.24) is 0 Å². The first-order chi connectivity index (χ1) is 18.5. The van der Waals surface area contributed by atoms with E-state index in [1.54, 1.807) is 0 Å². The van der Waals surface area contributed by atoms with Crippen molar-refractivity contribution >= 4 is 16.3 Å². The standard InChI is InChI=1S/C35H42O2S/c1-4-25-20-29(5-2)33(30(6-3)21-25)38(31-13-9-7-10-14-31,32-15-11-8-12-16-32)37-34(36)35-22-26-17-27(23-35)19-28(18-26)24-35/h7-16,20-21,26-28H,4-6,17-19,22-24H2,1-3H3. The Morgan fingerprint density at radius 1 is 0.737 bits per heavy atom. The van der Waals surface area contributed by atoms with Crippen LogP contribution in [0.25, 0.3) is 0 Å². The molecular formula is C35H42O2S. The van der Waals surface area contributed by atoms with E-state index in [9.17, 15) is 4.79 Å². The molecule has 0 radical (unpaired) electrons. The molecule has 3 aromatic carbocycles. The lowest BCUT2D eigenvalue weighted by Gasteiger charge is -2.56. The van der Waals surface area contributed by atoms with Gasteiger partial charge in [0.15, 0.2) is 0 Å². The summed E-state index contributed by atoms with van der Waals surface area (Å²) >= 11 is 0. The summed E-state index contributed by atoms with van der Waals surface area (Å²) in [5, 5.41) is 0. The minimum atomic E-state index is -2.29. The fourth-order valence-electron chi connectivity index (χ4n) is 8.22. The zero-order chi connectivity index (χ0) is 26.3. The number of carbonyl (C=O) groups is 1. The largest absolute Gasteiger partial charge is 0.401 e. The minimum absolute atomic E-state index is 0.0722. The topological polar surface area (TPSA) is 26.3 Å². The van der Waals surface area contributed by atoms with Crippen LogP contribution in [0, 0.1) is 23.2 Å².